The third-order valence-corrected chi connectivity index (χ3v) is 5.54. The van der Waals surface area contributed by atoms with Crippen LogP contribution >= 0.6 is 0 Å². The van der Waals surface area contributed by atoms with Crippen molar-refractivity contribution in [3.8, 4) is 23.1 Å². The predicted octanol–water partition coefficient (Wildman–Crippen LogP) is 4.51. The SMILES string of the molecule is COc1cccc(Oc2ccc(CNC(=O)c3nn(-c4ccccc4)c(=O)c4ccccc34)cn2)c1. The smallest absolute Gasteiger partial charge is 0.279 e. The molecule has 36 heavy (non-hydrogen) atoms. The van der Waals surface area contributed by atoms with Gasteiger partial charge in [-0.1, -0.05) is 48.5 Å². The van der Waals surface area contributed by atoms with E-state index in [1.54, 1.807) is 61.8 Å². The number of para-hydroxylation sites is 1. The summed E-state index contributed by atoms with van der Waals surface area (Å²) >= 11 is 0. The van der Waals surface area contributed by atoms with Gasteiger partial charge < -0.3 is 14.8 Å². The van der Waals surface area contributed by atoms with Crippen LogP contribution in [0.15, 0.2) is 102 Å². The summed E-state index contributed by atoms with van der Waals surface area (Å²) in [5, 5.41) is 8.19. The number of amides is 1. The highest BCUT2D eigenvalue weighted by Crippen LogP contribution is 2.24. The highest BCUT2D eigenvalue weighted by Gasteiger charge is 2.17. The molecule has 0 saturated heterocycles. The van der Waals surface area contributed by atoms with Crippen molar-refractivity contribution in [3.63, 3.8) is 0 Å². The molecular formula is C28H22N4O4. The summed E-state index contributed by atoms with van der Waals surface area (Å²) in [6, 6.07) is 26.8. The van der Waals surface area contributed by atoms with Crippen LogP contribution in [0.3, 0.4) is 0 Å². The van der Waals surface area contributed by atoms with E-state index in [-0.39, 0.29) is 17.8 Å². The molecule has 0 aliphatic heterocycles. The van der Waals surface area contributed by atoms with E-state index in [0.717, 1.165) is 5.56 Å². The minimum Gasteiger partial charge on any atom is -0.497 e. The minimum atomic E-state index is -0.396. The van der Waals surface area contributed by atoms with Crippen molar-refractivity contribution in [3.05, 3.63) is 119 Å². The second-order valence-electron chi connectivity index (χ2n) is 7.92. The lowest BCUT2D eigenvalue weighted by atomic mass is 10.1. The average Bonchev–Trinajstić information content (AvgIpc) is 2.93. The number of hydrogen-bond donors (Lipinski definition) is 1. The largest absolute Gasteiger partial charge is 0.497 e. The lowest BCUT2D eigenvalue weighted by Gasteiger charge is -2.11. The topological polar surface area (TPSA) is 95.3 Å². The molecule has 0 aliphatic rings. The normalized spacial score (nSPS) is 10.7. The van der Waals surface area contributed by atoms with Gasteiger partial charge in [-0.25, -0.2) is 4.98 Å². The standard InChI is InChI=1S/C28H22N4O4/c1-35-21-10-7-11-22(16-21)36-25-15-14-19(17-29-25)18-30-27(33)26-23-12-5-6-13-24(23)28(34)32(31-26)20-8-3-2-4-9-20/h2-17H,18H2,1H3,(H,30,33). The summed E-state index contributed by atoms with van der Waals surface area (Å²) in [6.07, 6.45) is 1.63. The van der Waals surface area contributed by atoms with Gasteiger partial charge in [-0.2, -0.15) is 9.78 Å². The number of fused-ring (bicyclic) bond motifs is 1. The fourth-order valence-corrected chi connectivity index (χ4v) is 3.73. The number of rotatable bonds is 7. The number of carbonyl (C=O) groups excluding carboxylic acids is 1. The maximum atomic E-state index is 13.1. The van der Waals surface area contributed by atoms with Crippen LogP contribution in [-0.4, -0.2) is 27.8 Å². The van der Waals surface area contributed by atoms with Gasteiger partial charge >= 0.3 is 0 Å². The van der Waals surface area contributed by atoms with Gasteiger partial charge in [0.25, 0.3) is 11.5 Å². The van der Waals surface area contributed by atoms with Crippen LogP contribution in [0, 0.1) is 0 Å². The number of methoxy groups -OCH3 is 1. The van der Waals surface area contributed by atoms with Crippen LogP contribution in [0.4, 0.5) is 0 Å². The van der Waals surface area contributed by atoms with Crippen molar-refractivity contribution in [2.24, 2.45) is 0 Å². The van der Waals surface area contributed by atoms with Crippen LogP contribution in [-0.2, 0) is 6.54 Å². The molecule has 0 fully saturated rings. The maximum Gasteiger partial charge on any atom is 0.279 e. The third-order valence-electron chi connectivity index (χ3n) is 5.54. The van der Waals surface area contributed by atoms with Gasteiger partial charge in [0.2, 0.25) is 5.88 Å². The number of aromatic nitrogens is 3. The molecule has 178 valence electrons. The predicted molar refractivity (Wildman–Crippen MR) is 136 cm³/mol. The molecule has 2 heterocycles. The Balaban J connectivity index is 1.35. The van der Waals surface area contributed by atoms with Gasteiger partial charge in [0.1, 0.15) is 11.5 Å². The van der Waals surface area contributed by atoms with E-state index < -0.39 is 5.91 Å². The molecule has 5 aromatic rings. The molecule has 1 N–H and O–H groups in total. The van der Waals surface area contributed by atoms with Crippen LogP contribution in [0.2, 0.25) is 0 Å². The zero-order valence-electron chi connectivity index (χ0n) is 19.4. The molecule has 0 aliphatic carbocycles. The summed E-state index contributed by atoms with van der Waals surface area (Å²) in [5.74, 6) is 1.31. The zero-order valence-corrected chi connectivity index (χ0v) is 19.4. The average molecular weight is 479 g/mol. The first-order valence-electron chi connectivity index (χ1n) is 11.2. The lowest BCUT2D eigenvalue weighted by molar-refractivity contribution is 0.0946. The first kappa shape index (κ1) is 22.8. The Morgan fingerprint density at radius 2 is 1.64 bits per heavy atom. The summed E-state index contributed by atoms with van der Waals surface area (Å²) in [7, 11) is 1.59. The van der Waals surface area contributed by atoms with E-state index in [1.807, 2.05) is 42.5 Å². The maximum absolute atomic E-state index is 13.1. The van der Waals surface area contributed by atoms with Crippen LogP contribution in [0.1, 0.15) is 16.1 Å². The van der Waals surface area contributed by atoms with Gasteiger partial charge in [0, 0.05) is 30.3 Å². The second kappa shape index (κ2) is 10.1. The molecule has 0 atom stereocenters. The van der Waals surface area contributed by atoms with Crippen molar-refractivity contribution >= 4 is 16.7 Å². The van der Waals surface area contributed by atoms with Gasteiger partial charge in [-0.05, 0) is 35.9 Å². The first-order chi connectivity index (χ1) is 17.6. The Bertz CT molecular complexity index is 1580. The van der Waals surface area contributed by atoms with Crippen molar-refractivity contribution in [2.45, 2.75) is 6.54 Å². The van der Waals surface area contributed by atoms with E-state index in [1.165, 1.54) is 4.68 Å². The molecule has 3 aromatic carbocycles. The summed E-state index contributed by atoms with van der Waals surface area (Å²) in [5.41, 5.74) is 1.24. The number of pyridine rings is 1. The molecule has 0 bridgehead atoms. The second-order valence-corrected chi connectivity index (χ2v) is 7.92. The summed E-state index contributed by atoms with van der Waals surface area (Å²) in [6.45, 7) is 0.228. The number of hydrogen-bond acceptors (Lipinski definition) is 6. The van der Waals surface area contributed by atoms with Crippen molar-refractivity contribution in [1.82, 2.24) is 20.1 Å². The van der Waals surface area contributed by atoms with Gasteiger partial charge in [0.15, 0.2) is 5.69 Å². The van der Waals surface area contributed by atoms with E-state index in [0.29, 0.717) is 33.8 Å². The highest BCUT2D eigenvalue weighted by molar-refractivity contribution is 6.04. The molecule has 1 amide bonds. The summed E-state index contributed by atoms with van der Waals surface area (Å²) < 4.78 is 12.2. The first-order valence-corrected chi connectivity index (χ1v) is 11.2. The van der Waals surface area contributed by atoms with E-state index in [9.17, 15) is 9.59 Å². The fraction of sp³-hybridized carbons (Fsp3) is 0.0714. The van der Waals surface area contributed by atoms with Crippen LogP contribution in [0.25, 0.3) is 16.5 Å². The number of ether oxygens (including phenoxy) is 2. The highest BCUT2D eigenvalue weighted by atomic mass is 16.5. The summed E-state index contributed by atoms with van der Waals surface area (Å²) in [4.78, 5) is 30.5. The minimum absolute atomic E-state index is 0.167. The molecular weight excluding hydrogens is 456 g/mol. The van der Waals surface area contributed by atoms with Gasteiger partial charge in [0.05, 0.1) is 18.2 Å². The number of carbonyl (C=O) groups is 1. The van der Waals surface area contributed by atoms with Crippen LogP contribution < -0.4 is 20.3 Å². The van der Waals surface area contributed by atoms with Crippen molar-refractivity contribution in [1.29, 1.82) is 0 Å². The Morgan fingerprint density at radius 1 is 0.889 bits per heavy atom. The van der Waals surface area contributed by atoms with Crippen molar-refractivity contribution < 1.29 is 14.3 Å². The molecule has 5 rings (SSSR count). The number of nitrogens with zero attached hydrogens (tertiary/aromatic N) is 3. The zero-order chi connectivity index (χ0) is 24.9. The molecule has 8 nitrogen and oxygen atoms in total. The lowest BCUT2D eigenvalue weighted by Crippen LogP contribution is -2.29. The Labute approximate surface area is 206 Å². The quantitative estimate of drug-likeness (QED) is 0.370. The van der Waals surface area contributed by atoms with E-state index in [4.69, 9.17) is 9.47 Å². The third kappa shape index (κ3) is 4.78. The monoisotopic (exact) mass is 478 g/mol. The fourth-order valence-electron chi connectivity index (χ4n) is 3.73. The molecule has 0 spiro atoms. The molecule has 8 heteroatoms. The number of benzene rings is 3. The van der Waals surface area contributed by atoms with Crippen molar-refractivity contribution in [2.75, 3.05) is 7.11 Å². The molecule has 0 radical (unpaired) electrons. The van der Waals surface area contributed by atoms with E-state index >= 15 is 0 Å². The van der Waals surface area contributed by atoms with Gasteiger partial charge in [-0.15, -0.1) is 0 Å². The van der Waals surface area contributed by atoms with Crippen LogP contribution in [0.5, 0.6) is 17.4 Å². The Morgan fingerprint density at radius 3 is 2.39 bits per heavy atom. The number of nitrogens with one attached hydrogen (secondary N) is 1. The Hall–Kier alpha value is -4.98. The molecule has 0 unspecified atom stereocenters. The molecule has 2 aromatic heterocycles. The van der Waals surface area contributed by atoms with Gasteiger partial charge in [-0.3, -0.25) is 9.59 Å². The van der Waals surface area contributed by atoms with E-state index in [2.05, 4.69) is 15.4 Å². The molecule has 0 saturated carbocycles. The Kier molecular flexibility index (Phi) is 6.40.